The highest BCUT2D eigenvalue weighted by Crippen LogP contribution is 2.19. The molecule has 140 valence electrons. The average molecular weight is 366 g/mol. The first kappa shape index (κ1) is 18.4. The molecule has 7 nitrogen and oxygen atoms in total. The number of carboxylic acids is 1. The summed E-state index contributed by atoms with van der Waals surface area (Å²) in [4.78, 5) is 23.6. The summed E-state index contributed by atoms with van der Waals surface area (Å²) in [6.45, 7) is 4.42. The fourth-order valence-corrected chi connectivity index (χ4v) is 3.09. The molecule has 3 rings (SSSR count). The largest absolute Gasteiger partial charge is 0.478 e. The van der Waals surface area contributed by atoms with Gasteiger partial charge in [-0.2, -0.15) is 5.10 Å². The summed E-state index contributed by atoms with van der Waals surface area (Å²) in [6, 6.07) is 10.7. The summed E-state index contributed by atoms with van der Waals surface area (Å²) in [5.74, 6) is -0.402. The van der Waals surface area contributed by atoms with E-state index < -0.39 is 5.97 Å². The summed E-state index contributed by atoms with van der Waals surface area (Å²) in [5.41, 5.74) is 3.79. The number of rotatable bonds is 6. The molecule has 2 N–H and O–H groups in total. The van der Waals surface area contributed by atoms with E-state index in [1.807, 2.05) is 37.6 Å². The van der Waals surface area contributed by atoms with E-state index in [1.54, 1.807) is 35.1 Å². The van der Waals surface area contributed by atoms with Gasteiger partial charge in [0.1, 0.15) is 11.4 Å². The first-order valence-corrected chi connectivity index (χ1v) is 8.66. The van der Waals surface area contributed by atoms with Crippen molar-refractivity contribution in [1.82, 2.24) is 19.7 Å². The smallest absolute Gasteiger partial charge is 0.335 e. The standard InChI is InChI=1S/C20H22N4O3/c1-13-4-5-14(2)24(13)19-17(12-22-23(19)3)18(25)21-11-10-15-6-8-16(9-7-15)20(26)27/h4-9,12H,10-11H2,1-3H3,(H,21,25)(H,26,27). The minimum atomic E-state index is -0.949. The van der Waals surface area contributed by atoms with Crippen LogP contribution >= 0.6 is 0 Å². The maximum absolute atomic E-state index is 12.7. The molecule has 0 atom stereocenters. The van der Waals surface area contributed by atoms with Gasteiger partial charge in [-0.15, -0.1) is 0 Å². The molecule has 0 radical (unpaired) electrons. The van der Waals surface area contributed by atoms with Crippen LogP contribution in [0.25, 0.3) is 5.82 Å². The fourth-order valence-electron chi connectivity index (χ4n) is 3.09. The lowest BCUT2D eigenvalue weighted by Gasteiger charge is -2.12. The second kappa shape index (κ2) is 7.49. The van der Waals surface area contributed by atoms with Gasteiger partial charge in [-0.05, 0) is 50.1 Å². The second-order valence-corrected chi connectivity index (χ2v) is 6.46. The van der Waals surface area contributed by atoms with Crippen molar-refractivity contribution in [2.45, 2.75) is 20.3 Å². The number of aromatic carboxylic acids is 1. The number of nitrogens with zero attached hydrogens (tertiary/aromatic N) is 3. The summed E-state index contributed by atoms with van der Waals surface area (Å²) >= 11 is 0. The Balaban J connectivity index is 1.70. The Hall–Kier alpha value is -3.35. The van der Waals surface area contributed by atoms with Gasteiger partial charge < -0.3 is 15.0 Å². The molecule has 0 spiro atoms. The molecule has 3 aromatic rings. The SMILES string of the molecule is Cc1ccc(C)n1-c1c(C(=O)NCCc2ccc(C(=O)O)cc2)cnn1C. The third kappa shape index (κ3) is 3.76. The maximum atomic E-state index is 12.7. The van der Waals surface area contributed by atoms with Crippen LogP contribution in [-0.2, 0) is 13.5 Å². The highest BCUT2D eigenvalue weighted by Gasteiger charge is 2.19. The number of carboxylic acid groups (broad SMARTS) is 1. The number of amides is 1. The first-order valence-electron chi connectivity index (χ1n) is 8.66. The van der Waals surface area contributed by atoms with Crippen LogP contribution in [0.3, 0.4) is 0 Å². The van der Waals surface area contributed by atoms with E-state index in [1.165, 1.54) is 0 Å². The van der Waals surface area contributed by atoms with E-state index in [0.29, 0.717) is 18.5 Å². The minimum Gasteiger partial charge on any atom is -0.478 e. The van der Waals surface area contributed by atoms with Gasteiger partial charge in [-0.3, -0.25) is 9.48 Å². The van der Waals surface area contributed by atoms with E-state index in [-0.39, 0.29) is 11.5 Å². The van der Waals surface area contributed by atoms with Crippen molar-refractivity contribution >= 4 is 11.9 Å². The van der Waals surface area contributed by atoms with Crippen LogP contribution in [0.4, 0.5) is 0 Å². The Morgan fingerprint density at radius 2 is 1.70 bits per heavy atom. The number of aromatic nitrogens is 3. The van der Waals surface area contributed by atoms with Gasteiger partial charge in [-0.1, -0.05) is 12.1 Å². The molecular weight excluding hydrogens is 344 g/mol. The molecule has 27 heavy (non-hydrogen) atoms. The monoisotopic (exact) mass is 366 g/mol. The minimum absolute atomic E-state index is 0.187. The Bertz CT molecular complexity index is 964. The summed E-state index contributed by atoms with van der Waals surface area (Å²) in [6.07, 6.45) is 2.19. The Morgan fingerprint density at radius 1 is 1.07 bits per heavy atom. The molecule has 2 heterocycles. The van der Waals surface area contributed by atoms with Crippen LogP contribution in [0.15, 0.2) is 42.6 Å². The molecule has 0 aliphatic heterocycles. The van der Waals surface area contributed by atoms with Crippen molar-refractivity contribution in [2.24, 2.45) is 7.05 Å². The lowest BCUT2D eigenvalue weighted by atomic mass is 10.1. The number of hydrogen-bond acceptors (Lipinski definition) is 3. The normalized spacial score (nSPS) is 10.8. The van der Waals surface area contributed by atoms with Crippen LogP contribution < -0.4 is 5.32 Å². The summed E-state index contributed by atoms with van der Waals surface area (Å²) in [5, 5.41) is 16.1. The predicted octanol–water partition coefficient (Wildman–Crippen LogP) is 2.50. The molecule has 0 fully saturated rings. The lowest BCUT2D eigenvalue weighted by Crippen LogP contribution is -2.27. The topological polar surface area (TPSA) is 89.2 Å². The van der Waals surface area contributed by atoms with Crippen molar-refractivity contribution in [3.63, 3.8) is 0 Å². The average Bonchev–Trinajstić information content (AvgIpc) is 3.17. The Labute approximate surface area is 157 Å². The van der Waals surface area contributed by atoms with Crippen molar-refractivity contribution in [1.29, 1.82) is 0 Å². The van der Waals surface area contributed by atoms with E-state index in [2.05, 4.69) is 10.4 Å². The number of aryl methyl sites for hydroxylation is 3. The quantitative estimate of drug-likeness (QED) is 0.701. The third-order valence-corrected chi connectivity index (χ3v) is 4.54. The fraction of sp³-hybridized carbons (Fsp3) is 0.250. The third-order valence-electron chi connectivity index (χ3n) is 4.54. The number of hydrogen-bond donors (Lipinski definition) is 2. The van der Waals surface area contributed by atoms with Gasteiger partial charge in [0.15, 0.2) is 0 Å². The maximum Gasteiger partial charge on any atom is 0.335 e. The van der Waals surface area contributed by atoms with Gasteiger partial charge in [0.25, 0.3) is 5.91 Å². The zero-order chi connectivity index (χ0) is 19.6. The highest BCUT2D eigenvalue weighted by atomic mass is 16.4. The first-order chi connectivity index (χ1) is 12.9. The van der Waals surface area contributed by atoms with Crippen molar-refractivity contribution in [3.8, 4) is 5.82 Å². The van der Waals surface area contributed by atoms with Gasteiger partial charge >= 0.3 is 5.97 Å². The van der Waals surface area contributed by atoms with Crippen molar-refractivity contribution in [2.75, 3.05) is 6.54 Å². The molecule has 0 unspecified atom stereocenters. The van der Waals surface area contributed by atoms with Crippen molar-refractivity contribution in [3.05, 3.63) is 70.7 Å². The zero-order valence-electron chi connectivity index (χ0n) is 15.6. The number of carbonyl (C=O) groups excluding carboxylic acids is 1. The van der Waals surface area contributed by atoms with Crippen LogP contribution in [0.5, 0.6) is 0 Å². The zero-order valence-corrected chi connectivity index (χ0v) is 15.6. The van der Waals surface area contributed by atoms with Crippen LogP contribution in [0.1, 0.15) is 37.7 Å². The number of benzene rings is 1. The van der Waals surface area contributed by atoms with Crippen LogP contribution in [0.2, 0.25) is 0 Å². The van der Waals surface area contributed by atoms with Crippen LogP contribution in [-0.4, -0.2) is 37.9 Å². The lowest BCUT2D eigenvalue weighted by molar-refractivity contribution is 0.0696. The molecule has 2 aromatic heterocycles. The Kier molecular flexibility index (Phi) is 5.12. The summed E-state index contributed by atoms with van der Waals surface area (Å²) < 4.78 is 3.70. The molecule has 1 aromatic carbocycles. The molecule has 0 saturated carbocycles. The molecule has 0 bridgehead atoms. The molecule has 0 aliphatic rings. The molecule has 1 amide bonds. The molecule has 0 saturated heterocycles. The molecule has 7 heteroatoms. The van der Waals surface area contributed by atoms with E-state index in [4.69, 9.17) is 5.11 Å². The van der Waals surface area contributed by atoms with E-state index in [9.17, 15) is 9.59 Å². The van der Waals surface area contributed by atoms with E-state index in [0.717, 1.165) is 22.8 Å². The Morgan fingerprint density at radius 3 is 2.30 bits per heavy atom. The van der Waals surface area contributed by atoms with E-state index >= 15 is 0 Å². The molecular formula is C20H22N4O3. The van der Waals surface area contributed by atoms with Gasteiger partial charge in [0.2, 0.25) is 0 Å². The second-order valence-electron chi connectivity index (χ2n) is 6.46. The van der Waals surface area contributed by atoms with Gasteiger partial charge in [0.05, 0.1) is 11.8 Å². The van der Waals surface area contributed by atoms with Gasteiger partial charge in [0, 0.05) is 25.0 Å². The van der Waals surface area contributed by atoms with Crippen LogP contribution in [0, 0.1) is 13.8 Å². The summed E-state index contributed by atoms with van der Waals surface area (Å²) in [7, 11) is 1.81. The predicted molar refractivity (Wildman–Crippen MR) is 101 cm³/mol. The highest BCUT2D eigenvalue weighted by molar-refractivity contribution is 5.97. The van der Waals surface area contributed by atoms with Gasteiger partial charge in [-0.25, -0.2) is 4.79 Å². The number of nitrogens with one attached hydrogen (secondary N) is 1. The molecule has 0 aliphatic carbocycles. The van der Waals surface area contributed by atoms with Crippen molar-refractivity contribution < 1.29 is 14.7 Å². The number of carbonyl (C=O) groups is 2.